The highest BCUT2D eigenvalue weighted by molar-refractivity contribution is 6.71. The molecule has 0 bridgehead atoms. The van der Waals surface area contributed by atoms with Crippen LogP contribution in [0.15, 0.2) is 66.7 Å². The predicted molar refractivity (Wildman–Crippen MR) is 144 cm³/mol. The number of aromatic nitrogens is 1. The molecule has 4 rings (SSSR count). The molecule has 0 unspecified atom stereocenters. The lowest BCUT2D eigenvalue weighted by molar-refractivity contribution is 0.460. The first kappa shape index (κ1) is 24.0. The number of hydrogen-bond acceptors (Lipinski definition) is 3. The molecule has 1 N–H and O–H groups in total. The van der Waals surface area contributed by atoms with Gasteiger partial charge in [-0.2, -0.15) is 0 Å². The van der Waals surface area contributed by atoms with Crippen LogP contribution in [0.25, 0.3) is 10.9 Å². The summed E-state index contributed by atoms with van der Waals surface area (Å²) >= 11 is 0. The van der Waals surface area contributed by atoms with Gasteiger partial charge in [-0.05, 0) is 83.0 Å². The second-order valence-corrected chi connectivity index (χ2v) is 12.8. The van der Waals surface area contributed by atoms with E-state index in [-0.39, 0.29) is 5.41 Å². The lowest BCUT2D eigenvalue weighted by atomic mass is 9.81. The molecule has 4 heteroatoms. The molecule has 1 radical (unpaired) electrons. The molecule has 1 heterocycles. The summed E-state index contributed by atoms with van der Waals surface area (Å²) in [6.45, 7) is 13.5. The zero-order valence-electron chi connectivity index (χ0n) is 21.1. The summed E-state index contributed by atoms with van der Waals surface area (Å²) < 4.78 is 6.64. The number of pyridine rings is 1. The molecule has 0 aliphatic carbocycles. The number of para-hydroxylation sites is 1. The van der Waals surface area contributed by atoms with E-state index in [1.807, 2.05) is 24.3 Å². The largest absolute Gasteiger partial charge is 0.508 e. The number of nitrogens with zero attached hydrogens (tertiary/aromatic N) is 1. The van der Waals surface area contributed by atoms with Gasteiger partial charge in [-0.3, -0.25) is 0 Å². The van der Waals surface area contributed by atoms with Crippen LogP contribution >= 0.6 is 0 Å². The minimum absolute atomic E-state index is 0.0469. The van der Waals surface area contributed by atoms with Gasteiger partial charge in [0.1, 0.15) is 11.5 Å². The van der Waals surface area contributed by atoms with Crippen molar-refractivity contribution in [1.29, 1.82) is 0 Å². The Hall–Kier alpha value is -3.11. The Morgan fingerprint density at radius 1 is 0.912 bits per heavy atom. The van der Waals surface area contributed by atoms with Crippen molar-refractivity contribution in [2.24, 2.45) is 0 Å². The number of fused-ring (bicyclic) bond motifs is 1. The summed E-state index contributed by atoms with van der Waals surface area (Å²) in [5.41, 5.74) is 6.04. The fourth-order valence-corrected chi connectivity index (χ4v) is 5.50. The highest BCUT2D eigenvalue weighted by Crippen LogP contribution is 2.35. The average Bonchev–Trinajstić information content (AvgIpc) is 2.78. The summed E-state index contributed by atoms with van der Waals surface area (Å²) in [4.78, 5) is 4.94. The molecule has 34 heavy (non-hydrogen) atoms. The third-order valence-corrected chi connectivity index (χ3v) is 7.83. The molecule has 0 aliphatic rings. The van der Waals surface area contributed by atoms with Gasteiger partial charge in [0, 0.05) is 5.39 Å². The lowest BCUT2D eigenvalue weighted by Crippen LogP contribution is -2.25. The first-order valence-corrected chi connectivity index (χ1v) is 14.4. The number of aromatic hydroxyl groups is 1. The van der Waals surface area contributed by atoms with Crippen LogP contribution in [-0.2, 0) is 18.3 Å². The Balaban J connectivity index is 1.77. The molecule has 4 aromatic rings. The highest BCUT2D eigenvalue weighted by Gasteiger charge is 2.22. The van der Waals surface area contributed by atoms with E-state index in [9.17, 15) is 5.11 Å². The van der Waals surface area contributed by atoms with Crippen molar-refractivity contribution in [2.75, 3.05) is 0 Å². The number of rotatable bonds is 6. The summed E-state index contributed by atoms with van der Waals surface area (Å²) in [6, 6.07) is 22.3. The molecular weight excluding hydrogens is 434 g/mol. The minimum Gasteiger partial charge on any atom is -0.508 e. The van der Waals surface area contributed by atoms with E-state index in [1.165, 1.54) is 27.4 Å². The first-order chi connectivity index (χ1) is 16.1. The zero-order valence-corrected chi connectivity index (χ0v) is 22.1. The Morgan fingerprint density at radius 3 is 2.29 bits per heavy atom. The van der Waals surface area contributed by atoms with Crippen LogP contribution in [-0.4, -0.2) is 18.9 Å². The SMILES string of the molecule is Cc1c(C(C)(C)C)ccc(Oc2nc3ccccc3cc2[Si](C)C)c1CCc1ccc(O)cc1. The van der Waals surface area contributed by atoms with E-state index in [0.717, 1.165) is 35.4 Å². The topological polar surface area (TPSA) is 42.4 Å². The van der Waals surface area contributed by atoms with Crippen LogP contribution in [0, 0.1) is 6.92 Å². The van der Waals surface area contributed by atoms with Crippen molar-refractivity contribution in [2.45, 2.75) is 59.0 Å². The van der Waals surface area contributed by atoms with E-state index in [2.05, 4.69) is 71.1 Å². The number of benzene rings is 3. The van der Waals surface area contributed by atoms with E-state index in [4.69, 9.17) is 9.72 Å². The number of ether oxygens (including phenoxy) is 1. The average molecular weight is 469 g/mol. The first-order valence-electron chi connectivity index (χ1n) is 11.9. The van der Waals surface area contributed by atoms with Crippen LogP contribution in [0.1, 0.15) is 43.0 Å². The fourth-order valence-electron chi connectivity index (χ4n) is 4.52. The lowest BCUT2D eigenvalue weighted by Gasteiger charge is -2.25. The molecule has 0 saturated heterocycles. The van der Waals surface area contributed by atoms with Gasteiger partial charge in [0.05, 0.1) is 14.3 Å². The molecule has 0 amide bonds. The second kappa shape index (κ2) is 9.63. The third kappa shape index (κ3) is 5.17. The normalized spacial score (nSPS) is 11.9. The van der Waals surface area contributed by atoms with Crippen molar-refractivity contribution in [3.8, 4) is 17.4 Å². The molecule has 0 saturated carbocycles. The van der Waals surface area contributed by atoms with Crippen molar-refractivity contribution >= 4 is 24.9 Å². The van der Waals surface area contributed by atoms with E-state index >= 15 is 0 Å². The monoisotopic (exact) mass is 468 g/mol. The van der Waals surface area contributed by atoms with Crippen molar-refractivity contribution in [3.63, 3.8) is 0 Å². The molecule has 0 aliphatic heterocycles. The van der Waals surface area contributed by atoms with Gasteiger partial charge in [0.2, 0.25) is 5.88 Å². The third-order valence-electron chi connectivity index (χ3n) is 6.40. The fraction of sp³-hybridized carbons (Fsp3) is 0.300. The summed E-state index contributed by atoms with van der Waals surface area (Å²) in [5.74, 6) is 1.91. The molecule has 0 spiro atoms. The number of phenols is 1. The van der Waals surface area contributed by atoms with E-state index in [0.29, 0.717) is 5.75 Å². The Kier molecular flexibility index (Phi) is 6.81. The van der Waals surface area contributed by atoms with Gasteiger partial charge >= 0.3 is 0 Å². The van der Waals surface area contributed by atoms with Gasteiger partial charge in [0.15, 0.2) is 0 Å². The molecular formula is C30H34NO2Si. The number of hydrogen-bond donors (Lipinski definition) is 1. The Morgan fingerprint density at radius 2 is 1.62 bits per heavy atom. The predicted octanol–water partition coefficient (Wildman–Crippen LogP) is 7.09. The van der Waals surface area contributed by atoms with Crippen LogP contribution < -0.4 is 9.92 Å². The quantitative estimate of drug-likeness (QED) is 0.307. The smallest absolute Gasteiger partial charge is 0.218 e. The molecule has 0 atom stereocenters. The highest BCUT2D eigenvalue weighted by atomic mass is 28.3. The maximum atomic E-state index is 9.64. The van der Waals surface area contributed by atoms with Gasteiger partial charge in [-0.15, -0.1) is 0 Å². The van der Waals surface area contributed by atoms with Crippen LogP contribution in [0.3, 0.4) is 0 Å². The molecule has 3 aromatic carbocycles. The van der Waals surface area contributed by atoms with Crippen molar-refractivity contribution < 1.29 is 9.84 Å². The molecule has 0 fully saturated rings. The Bertz CT molecular complexity index is 1300. The van der Waals surface area contributed by atoms with Crippen LogP contribution in [0.4, 0.5) is 0 Å². The number of aryl methyl sites for hydroxylation is 1. The van der Waals surface area contributed by atoms with Gasteiger partial charge in [0.25, 0.3) is 0 Å². The summed E-state index contributed by atoms with van der Waals surface area (Å²) in [7, 11) is -0.775. The standard InChI is InChI=1S/C30H34NO2Si/c1-20-24(16-13-21-11-14-23(32)15-12-21)27(18-17-25(20)30(2,3)4)33-29-28(34(5)6)19-22-9-7-8-10-26(22)31-29/h7-12,14-15,17-19,32H,13,16H2,1-6H3. The van der Waals surface area contributed by atoms with Gasteiger partial charge in [-0.25, -0.2) is 4.98 Å². The summed E-state index contributed by atoms with van der Waals surface area (Å²) in [6.07, 6.45) is 1.73. The zero-order chi connectivity index (χ0) is 24.5. The minimum atomic E-state index is -0.775. The number of phenolic OH excluding ortho intramolecular Hbond substituents is 1. The van der Waals surface area contributed by atoms with Gasteiger partial charge in [-0.1, -0.05) is 70.3 Å². The Labute approximate surface area is 205 Å². The second-order valence-electron chi connectivity index (χ2n) is 10.3. The maximum absolute atomic E-state index is 9.64. The summed E-state index contributed by atoms with van der Waals surface area (Å²) in [5, 5.41) is 12.0. The maximum Gasteiger partial charge on any atom is 0.218 e. The molecule has 175 valence electrons. The van der Waals surface area contributed by atoms with E-state index < -0.39 is 8.80 Å². The van der Waals surface area contributed by atoms with Crippen LogP contribution in [0.2, 0.25) is 13.1 Å². The molecule has 3 nitrogen and oxygen atoms in total. The van der Waals surface area contributed by atoms with Crippen molar-refractivity contribution in [1.82, 2.24) is 4.98 Å². The van der Waals surface area contributed by atoms with Crippen molar-refractivity contribution in [3.05, 3.63) is 89.0 Å². The molecule has 1 aromatic heterocycles. The van der Waals surface area contributed by atoms with Gasteiger partial charge < -0.3 is 9.84 Å². The van der Waals surface area contributed by atoms with E-state index in [1.54, 1.807) is 12.1 Å². The van der Waals surface area contributed by atoms with Crippen LogP contribution in [0.5, 0.6) is 17.4 Å².